The van der Waals surface area contributed by atoms with Crippen LogP contribution >= 0.6 is 0 Å². The Morgan fingerprint density at radius 1 is 1.56 bits per heavy atom. The molecule has 0 aliphatic rings. The zero-order valence-electron chi connectivity index (χ0n) is 10.2. The fourth-order valence-electron chi connectivity index (χ4n) is 1.56. The van der Waals surface area contributed by atoms with Gasteiger partial charge in [-0.1, -0.05) is 20.8 Å². The summed E-state index contributed by atoms with van der Waals surface area (Å²) in [5.74, 6) is 0.223. The Hall–Kier alpha value is -2.40. The Morgan fingerprint density at radius 3 is 2.83 bits per heavy atom. The summed E-state index contributed by atoms with van der Waals surface area (Å²) in [6.07, 6.45) is 5.05. The first-order chi connectivity index (χ1) is 8.47. The summed E-state index contributed by atoms with van der Waals surface area (Å²) in [5.41, 5.74) is 9.59. The van der Waals surface area contributed by atoms with Crippen LogP contribution in [0.4, 0.5) is 5.82 Å². The van der Waals surface area contributed by atoms with Crippen molar-refractivity contribution in [3.05, 3.63) is 34.0 Å². The maximum atomic E-state index is 10.8. The fraction of sp³-hybridized carbons (Fsp3) is 0.364. The van der Waals surface area contributed by atoms with E-state index in [1.165, 1.54) is 10.7 Å². The van der Waals surface area contributed by atoms with Crippen molar-refractivity contribution in [3.8, 4) is 0 Å². The second kappa shape index (κ2) is 4.12. The number of carbonyl (C=O) groups is 1. The van der Waals surface area contributed by atoms with Gasteiger partial charge in [0.2, 0.25) is 0 Å². The highest BCUT2D eigenvalue weighted by Crippen LogP contribution is 2.30. The van der Waals surface area contributed by atoms with Gasteiger partial charge in [-0.2, -0.15) is 5.10 Å². The van der Waals surface area contributed by atoms with E-state index in [0.717, 1.165) is 0 Å². The van der Waals surface area contributed by atoms with Crippen LogP contribution in [0.5, 0.6) is 0 Å². The summed E-state index contributed by atoms with van der Waals surface area (Å²) in [6.45, 7) is 5.85. The molecule has 7 nitrogen and oxygen atoms in total. The SMILES string of the molecule is CC(C)(C)c1[c]n2ncc(C=O)c2nc1N=[N+]=[N-]. The van der Waals surface area contributed by atoms with Crippen molar-refractivity contribution < 1.29 is 4.79 Å². The number of nitrogens with zero attached hydrogens (tertiary/aromatic N) is 6. The number of fused-ring (bicyclic) bond motifs is 1. The average Bonchev–Trinajstić information content (AvgIpc) is 2.69. The molecule has 0 amide bonds. The van der Waals surface area contributed by atoms with Crippen LogP contribution in [-0.4, -0.2) is 20.9 Å². The molecule has 2 rings (SSSR count). The van der Waals surface area contributed by atoms with Crippen LogP contribution in [0, 0.1) is 6.20 Å². The van der Waals surface area contributed by atoms with E-state index in [-0.39, 0.29) is 11.2 Å². The van der Waals surface area contributed by atoms with E-state index in [1.54, 1.807) is 0 Å². The van der Waals surface area contributed by atoms with Gasteiger partial charge in [0.05, 0.1) is 18.0 Å². The zero-order chi connectivity index (χ0) is 13.3. The van der Waals surface area contributed by atoms with Crippen LogP contribution in [0.1, 0.15) is 36.7 Å². The molecule has 0 atom stereocenters. The quantitative estimate of drug-likeness (QED) is 0.351. The van der Waals surface area contributed by atoms with Crippen LogP contribution in [0.25, 0.3) is 16.1 Å². The first kappa shape index (κ1) is 12.1. The van der Waals surface area contributed by atoms with Crippen LogP contribution in [0.2, 0.25) is 0 Å². The minimum absolute atomic E-state index is 0.223. The van der Waals surface area contributed by atoms with E-state index < -0.39 is 0 Å². The molecule has 0 saturated carbocycles. The fourth-order valence-corrected chi connectivity index (χ4v) is 1.56. The third-order valence-electron chi connectivity index (χ3n) is 2.44. The highest BCUT2D eigenvalue weighted by Gasteiger charge is 2.21. The standard InChI is InChI=1S/C11H11N6O/c1-11(2,3)8-5-17-10(7(6-18)4-13-17)14-9(8)15-16-12/h4,6H,1-3H3. The zero-order valence-corrected chi connectivity index (χ0v) is 10.2. The molecule has 18 heavy (non-hydrogen) atoms. The first-order valence-electron chi connectivity index (χ1n) is 5.29. The van der Waals surface area contributed by atoms with Gasteiger partial charge in [0.25, 0.3) is 0 Å². The van der Waals surface area contributed by atoms with Gasteiger partial charge in [0, 0.05) is 10.5 Å². The van der Waals surface area contributed by atoms with E-state index in [4.69, 9.17) is 5.53 Å². The molecular weight excluding hydrogens is 232 g/mol. The number of hydrogen-bond acceptors (Lipinski definition) is 4. The predicted molar refractivity (Wildman–Crippen MR) is 64.7 cm³/mol. The van der Waals surface area contributed by atoms with Gasteiger partial charge in [-0.05, 0) is 16.1 Å². The van der Waals surface area contributed by atoms with Crippen molar-refractivity contribution in [1.29, 1.82) is 0 Å². The number of aldehydes is 1. The van der Waals surface area contributed by atoms with Gasteiger partial charge >= 0.3 is 0 Å². The monoisotopic (exact) mass is 243 g/mol. The van der Waals surface area contributed by atoms with Crippen molar-refractivity contribution in [1.82, 2.24) is 14.6 Å². The summed E-state index contributed by atoms with van der Waals surface area (Å²) in [7, 11) is 0. The summed E-state index contributed by atoms with van der Waals surface area (Å²) in [4.78, 5) is 17.8. The Morgan fingerprint density at radius 2 is 2.28 bits per heavy atom. The van der Waals surface area contributed by atoms with Gasteiger partial charge < -0.3 is 0 Å². The van der Waals surface area contributed by atoms with E-state index in [9.17, 15) is 4.79 Å². The van der Waals surface area contributed by atoms with E-state index in [1.807, 2.05) is 20.8 Å². The molecule has 0 spiro atoms. The molecule has 91 valence electrons. The minimum Gasteiger partial charge on any atom is -0.298 e. The van der Waals surface area contributed by atoms with Gasteiger partial charge in [-0.15, -0.1) is 0 Å². The normalized spacial score (nSPS) is 11.3. The Labute approximate surface area is 103 Å². The van der Waals surface area contributed by atoms with Crippen LogP contribution in [0.3, 0.4) is 0 Å². The molecule has 2 heterocycles. The molecule has 0 fully saturated rings. The van der Waals surface area contributed by atoms with E-state index >= 15 is 0 Å². The van der Waals surface area contributed by atoms with Crippen LogP contribution < -0.4 is 0 Å². The number of rotatable bonds is 2. The molecule has 2 aromatic heterocycles. The molecule has 0 aliphatic carbocycles. The number of azide groups is 1. The van der Waals surface area contributed by atoms with Crippen molar-refractivity contribution in [2.75, 3.05) is 0 Å². The first-order valence-corrected chi connectivity index (χ1v) is 5.29. The lowest BCUT2D eigenvalue weighted by molar-refractivity contribution is 0.112. The molecule has 0 bridgehead atoms. The van der Waals surface area contributed by atoms with Gasteiger partial charge in [-0.25, -0.2) is 9.50 Å². The summed E-state index contributed by atoms with van der Waals surface area (Å²) >= 11 is 0. The molecule has 1 radical (unpaired) electrons. The molecule has 0 aromatic carbocycles. The Bertz CT molecular complexity index is 660. The van der Waals surface area contributed by atoms with Gasteiger partial charge in [0.15, 0.2) is 11.9 Å². The molecule has 2 aromatic rings. The molecule has 0 saturated heterocycles. The largest absolute Gasteiger partial charge is 0.298 e. The van der Waals surface area contributed by atoms with Crippen molar-refractivity contribution in [2.24, 2.45) is 5.11 Å². The predicted octanol–water partition coefficient (Wildman–Crippen LogP) is 2.58. The summed E-state index contributed by atoms with van der Waals surface area (Å²) in [5, 5.41) is 7.56. The van der Waals surface area contributed by atoms with Crippen molar-refractivity contribution >= 4 is 17.8 Å². The Balaban J connectivity index is 2.82. The lowest BCUT2D eigenvalue weighted by atomic mass is 9.88. The minimum atomic E-state index is -0.294. The van der Waals surface area contributed by atoms with E-state index in [2.05, 4.69) is 26.3 Å². The summed E-state index contributed by atoms with van der Waals surface area (Å²) in [6, 6.07) is 0. The van der Waals surface area contributed by atoms with Gasteiger partial charge in [0.1, 0.15) is 5.82 Å². The lowest BCUT2D eigenvalue weighted by Gasteiger charge is -2.19. The highest BCUT2D eigenvalue weighted by molar-refractivity contribution is 5.84. The van der Waals surface area contributed by atoms with E-state index in [0.29, 0.717) is 23.1 Å². The van der Waals surface area contributed by atoms with Crippen molar-refractivity contribution in [3.63, 3.8) is 0 Å². The molecule has 0 aliphatic heterocycles. The molecule has 7 heteroatoms. The van der Waals surface area contributed by atoms with Gasteiger partial charge in [-0.3, -0.25) is 4.79 Å². The second-order valence-corrected chi connectivity index (χ2v) is 4.81. The van der Waals surface area contributed by atoms with Crippen LogP contribution in [0.15, 0.2) is 11.3 Å². The molecular formula is C11H11N6O. The van der Waals surface area contributed by atoms with Crippen molar-refractivity contribution in [2.45, 2.75) is 26.2 Å². The third-order valence-corrected chi connectivity index (χ3v) is 2.44. The maximum Gasteiger partial charge on any atom is 0.166 e. The molecule has 0 unspecified atom stereocenters. The number of hydrogen-bond donors (Lipinski definition) is 0. The molecule has 0 N–H and O–H groups in total. The Kier molecular flexibility index (Phi) is 2.76. The smallest absolute Gasteiger partial charge is 0.166 e. The third kappa shape index (κ3) is 1.91. The topological polar surface area (TPSA) is 96.0 Å². The summed E-state index contributed by atoms with van der Waals surface area (Å²) < 4.78 is 1.39. The number of carbonyl (C=O) groups excluding carboxylic acids is 1. The second-order valence-electron chi connectivity index (χ2n) is 4.81. The van der Waals surface area contributed by atoms with Crippen LogP contribution in [-0.2, 0) is 5.41 Å². The highest BCUT2D eigenvalue weighted by atomic mass is 16.1. The maximum absolute atomic E-state index is 10.8. The average molecular weight is 243 g/mol. The number of aromatic nitrogens is 3. The lowest BCUT2D eigenvalue weighted by Crippen LogP contribution is -2.14.